The molecule has 9 heteroatoms. The molecule has 0 bridgehead atoms. The van der Waals surface area contributed by atoms with Crippen molar-refractivity contribution < 1.29 is 31.9 Å². The highest BCUT2D eigenvalue weighted by molar-refractivity contribution is 9.10. The molecule has 0 unspecified atom stereocenters. The third kappa shape index (κ3) is 2.90. The first kappa shape index (κ1) is 13.8. The molecule has 0 saturated carbocycles. The Balaban J connectivity index is 3.55. The normalized spacial score (nSPS) is 11.9. The number of hydrogen-bond acceptors (Lipinski definition) is 2. The fourth-order valence-electron chi connectivity index (χ4n) is 1.08. The third-order valence-electron chi connectivity index (χ3n) is 1.71. The highest BCUT2D eigenvalue weighted by Crippen LogP contribution is 2.40. The molecular weight excluding hydrogens is 317 g/mol. The largest absolute Gasteiger partial charge is 0.477 e. The van der Waals surface area contributed by atoms with Crippen molar-refractivity contribution in [2.75, 3.05) is 0 Å². The molecule has 3 nitrogen and oxygen atoms in total. The molecule has 0 amide bonds. The van der Waals surface area contributed by atoms with Crippen LogP contribution < -0.4 is 0 Å². The summed E-state index contributed by atoms with van der Waals surface area (Å²) >= 11 is 2.41. The van der Waals surface area contributed by atoms with E-state index in [1.54, 1.807) is 0 Å². The molecule has 1 heterocycles. The second kappa shape index (κ2) is 4.55. The number of alkyl halides is 5. The summed E-state index contributed by atoms with van der Waals surface area (Å²) in [6.45, 7) is 0. The van der Waals surface area contributed by atoms with E-state index in [0.717, 1.165) is 0 Å². The average molecular weight is 320 g/mol. The summed E-state index contributed by atoms with van der Waals surface area (Å²) in [6, 6.07) is 0.525. The van der Waals surface area contributed by atoms with Crippen LogP contribution in [0.4, 0.5) is 22.0 Å². The van der Waals surface area contributed by atoms with Gasteiger partial charge in [-0.15, -0.1) is 0 Å². The molecule has 0 radical (unpaired) electrons. The van der Waals surface area contributed by atoms with Crippen LogP contribution in [0.2, 0.25) is 0 Å². The maximum atomic E-state index is 12.5. The minimum Gasteiger partial charge on any atom is -0.477 e. The fourth-order valence-corrected chi connectivity index (χ4v) is 1.73. The van der Waals surface area contributed by atoms with Gasteiger partial charge in [0.15, 0.2) is 0 Å². The van der Waals surface area contributed by atoms with Crippen LogP contribution in [0.3, 0.4) is 0 Å². The van der Waals surface area contributed by atoms with Crippen molar-refractivity contribution in [3.8, 4) is 0 Å². The molecule has 0 aromatic carbocycles. The third-order valence-corrected chi connectivity index (χ3v) is 2.33. The van der Waals surface area contributed by atoms with Crippen LogP contribution in [0.5, 0.6) is 0 Å². The molecule has 0 aliphatic rings. The van der Waals surface area contributed by atoms with Gasteiger partial charge in [-0.1, -0.05) is 15.9 Å². The molecule has 0 aliphatic heterocycles. The quantitative estimate of drug-likeness (QED) is 0.849. The van der Waals surface area contributed by atoms with Gasteiger partial charge >= 0.3 is 12.1 Å². The number of aromatic nitrogens is 1. The SMILES string of the molecule is O=C(O)c1cc(Br)c(C(F)(F)F)c(C(F)F)n1. The predicted octanol–water partition coefficient (Wildman–Crippen LogP) is 3.50. The highest BCUT2D eigenvalue weighted by atomic mass is 79.9. The Morgan fingerprint density at radius 2 is 1.94 bits per heavy atom. The van der Waals surface area contributed by atoms with Gasteiger partial charge in [-0.05, 0) is 6.07 Å². The van der Waals surface area contributed by atoms with Crippen molar-refractivity contribution >= 4 is 21.9 Å². The van der Waals surface area contributed by atoms with Crippen LogP contribution in [0.1, 0.15) is 28.2 Å². The summed E-state index contributed by atoms with van der Waals surface area (Å²) in [6.07, 6.45) is -8.57. The predicted molar refractivity (Wildman–Crippen MR) is 48.9 cm³/mol. The van der Waals surface area contributed by atoms with E-state index in [1.165, 1.54) is 0 Å². The lowest BCUT2D eigenvalue weighted by molar-refractivity contribution is -0.140. The average Bonchev–Trinajstić information content (AvgIpc) is 2.13. The number of nitrogens with zero attached hydrogens (tertiary/aromatic N) is 1. The van der Waals surface area contributed by atoms with E-state index in [1.807, 2.05) is 0 Å². The molecular formula is C8H3BrF5NO2. The Hall–Kier alpha value is -1.25. The summed E-state index contributed by atoms with van der Waals surface area (Å²) in [7, 11) is 0. The van der Waals surface area contributed by atoms with Crippen molar-refractivity contribution in [3.05, 3.63) is 27.5 Å². The van der Waals surface area contributed by atoms with Crippen LogP contribution >= 0.6 is 15.9 Å². The van der Waals surface area contributed by atoms with Crippen LogP contribution in [-0.2, 0) is 6.18 Å². The van der Waals surface area contributed by atoms with Gasteiger partial charge in [0.2, 0.25) is 0 Å². The minimum atomic E-state index is -5.05. The molecule has 1 aromatic heterocycles. The summed E-state index contributed by atoms with van der Waals surface area (Å²) in [4.78, 5) is 13.3. The first-order chi connectivity index (χ1) is 7.64. The smallest absolute Gasteiger partial charge is 0.419 e. The summed E-state index contributed by atoms with van der Waals surface area (Å²) < 4.78 is 61.4. The minimum absolute atomic E-state index is 0.525. The van der Waals surface area contributed by atoms with Crippen molar-refractivity contribution in [2.24, 2.45) is 0 Å². The van der Waals surface area contributed by atoms with Gasteiger partial charge in [-0.2, -0.15) is 13.2 Å². The van der Waals surface area contributed by atoms with Crippen LogP contribution in [-0.4, -0.2) is 16.1 Å². The van der Waals surface area contributed by atoms with Crippen molar-refractivity contribution in [1.82, 2.24) is 4.98 Å². The molecule has 0 atom stereocenters. The Labute approximate surface area is 99.4 Å². The summed E-state index contributed by atoms with van der Waals surface area (Å²) in [5.74, 6) is -1.69. The van der Waals surface area contributed by atoms with Gasteiger partial charge < -0.3 is 5.11 Å². The van der Waals surface area contributed by atoms with Crippen molar-refractivity contribution in [2.45, 2.75) is 12.6 Å². The lowest BCUT2D eigenvalue weighted by atomic mass is 10.1. The molecule has 0 fully saturated rings. The highest BCUT2D eigenvalue weighted by Gasteiger charge is 2.39. The maximum Gasteiger partial charge on any atom is 0.419 e. The summed E-state index contributed by atoms with van der Waals surface area (Å²) in [5.41, 5.74) is -4.16. The van der Waals surface area contributed by atoms with Gasteiger partial charge in [0, 0.05) is 4.47 Å². The van der Waals surface area contributed by atoms with Gasteiger partial charge in [0.25, 0.3) is 6.43 Å². The van der Waals surface area contributed by atoms with Crippen LogP contribution in [0, 0.1) is 0 Å². The van der Waals surface area contributed by atoms with Crippen molar-refractivity contribution in [3.63, 3.8) is 0 Å². The maximum absolute atomic E-state index is 12.5. The van der Waals surface area contributed by atoms with E-state index in [2.05, 4.69) is 20.9 Å². The Bertz CT molecular complexity index is 460. The van der Waals surface area contributed by atoms with E-state index in [4.69, 9.17) is 5.11 Å². The molecule has 1 N–H and O–H groups in total. The molecule has 1 aromatic rings. The van der Waals surface area contributed by atoms with Crippen molar-refractivity contribution in [1.29, 1.82) is 0 Å². The van der Waals surface area contributed by atoms with Gasteiger partial charge in [-0.3, -0.25) is 0 Å². The number of carboxylic acids is 1. The lowest BCUT2D eigenvalue weighted by Crippen LogP contribution is -2.15. The number of pyridine rings is 1. The van der Waals surface area contributed by atoms with Crippen LogP contribution in [0.25, 0.3) is 0 Å². The van der Waals surface area contributed by atoms with E-state index in [0.29, 0.717) is 6.07 Å². The van der Waals surface area contributed by atoms with Gasteiger partial charge in [0.05, 0.1) is 5.56 Å². The molecule has 0 spiro atoms. The number of aromatic carboxylic acids is 1. The zero-order chi connectivity index (χ0) is 13.4. The zero-order valence-electron chi connectivity index (χ0n) is 7.73. The number of hydrogen-bond donors (Lipinski definition) is 1. The first-order valence-electron chi connectivity index (χ1n) is 3.93. The van der Waals surface area contributed by atoms with Gasteiger partial charge in [-0.25, -0.2) is 18.6 Å². The van der Waals surface area contributed by atoms with Gasteiger partial charge in [0.1, 0.15) is 11.4 Å². The summed E-state index contributed by atoms with van der Waals surface area (Å²) in [5, 5.41) is 8.50. The second-order valence-electron chi connectivity index (χ2n) is 2.85. The molecule has 0 aliphatic carbocycles. The molecule has 0 saturated heterocycles. The standard InChI is InChI=1S/C8H3BrF5NO2/c9-2-1-3(7(16)17)15-5(6(10)11)4(2)8(12,13)14/h1,6H,(H,16,17). The Morgan fingerprint density at radius 1 is 1.41 bits per heavy atom. The van der Waals surface area contributed by atoms with E-state index >= 15 is 0 Å². The number of halogens is 6. The topological polar surface area (TPSA) is 50.2 Å². The zero-order valence-corrected chi connectivity index (χ0v) is 9.31. The number of rotatable bonds is 2. The molecule has 94 valence electrons. The van der Waals surface area contributed by atoms with Crippen LogP contribution in [0.15, 0.2) is 10.5 Å². The lowest BCUT2D eigenvalue weighted by Gasteiger charge is -2.14. The van der Waals surface area contributed by atoms with E-state index in [-0.39, 0.29) is 0 Å². The van der Waals surface area contributed by atoms with E-state index in [9.17, 15) is 26.7 Å². The molecule has 17 heavy (non-hydrogen) atoms. The fraction of sp³-hybridized carbons (Fsp3) is 0.250. The number of carbonyl (C=O) groups is 1. The molecule has 1 rings (SSSR count). The Morgan fingerprint density at radius 3 is 2.29 bits per heavy atom. The number of carboxylic acid groups (broad SMARTS) is 1. The first-order valence-corrected chi connectivity index (χ1v) is 4.73. The Kier molecular flexibility index (Phi) is 3.70. The second-order valence-corrected chi connectivity index (χ2v) is 3.71. The monoisotopic (exact) mass is 319 g/mol. The van der Waals surface area contributed by atoms with E-state index < -0.39 is 40.0 Å².